The second-order valence-electron chi connectivity index (χ2n) is 3.65. The summed E-state index contributed by atoms with van der Waals surface area (Å²) in [6.07, 6.45) is 1.67. The molecule has 0 unspecified atom stereocenters. The molecule has 1 heterocycles. The van der Waals surface area contributed by atoms with Crippen LogP contribution in [0.2, 0.25) is 0 Å². The van der Waals surface area contributed by atoms with Crippen LogP contribution in [0.3, 0.4) is 0 Å². The molecule has 90 valence electrons. The van der Waals surface area contributed by atoms with Gasteiger partial charge in [0.25, 0.3) is 0 Å². The Morgan fingerprint density at radius 2 is 2.29 bits per heavy atom. The lowest BCUT2D eigenvalue weighted by atomic mass is 10.2. The highest BCUT2D eigenvalue weighted by Crippen LogP contribution is 2.22. The van der Waals surface area contributed by atoms with E-state index in [0.717, 1.165) is 5.69 Å². The average Bonchev–Trinajstić information content (AvgIpc) is 2.72. The van der Waals surface area contributed by atoms with Gasteiger partial charge in [-0.05, 0) is 37.7 Å². The number of nitrogens with zero attached hydrogens (tertiary/aromatic N) is 1. The molecule has 17 heavy (non-hydrogen) atoms. The van der Waals surface area contributed by atoms with E-state index in [1.165, 1.54) is 18.4 Å². The van der Waals surface area contributed by atoms with Crippen LogP contribution < -0.4 is 10.1 Å². The van der Waals surface area contributed by atoms with E-state index in [2.05, 4.69) is 10.3 Å². The standard InChI is InChI=1S/C12H13FN2O2/c1-8-5-10(3-4-11(8)13)17-12-15-9(6-14-2)7-16-12/h3-5,7,14H,6H2,1-2H3. The molecule has 0 fully saturated rings. The van der Waals surface area contributed by atoms with E-state index in [0.29, 0.717) is 17.9 Å². The van der Waals surface area contributed by atoms with Crippen molar-refractivity contribution >= 4 is 0 Å². The molecule has 0 radical (unpaired) electrons. The van der Waals surface area contributed by atoms with Crippen LogP contribution in [0.25, 0.3) is 0 Å². The number of aryl methyl sites for hydroxylation is 1. The Morgan fingerprint density at radius 3 is 3.00 bits per heavy atom. The molecule has 5 heteroatoms. The van der Waals surface area contributed by atoms with Gasteiger partial charge < -0.3 is 14.5 Å². The van der Waals surface area contributed by atoms with Crippen molar-refractivity contribution in [2.75, 3.05) is 7.05 Å². The molecule has 0 aliphatic carbocycles. The third-order valence-corrected chi connectivity index (χ3v) is 2.22. The molecule has 2 rings (SSSR count). The van der Waals surface area contributed by atoms with Gasteiger partial charge in [0, 0.05) is 6.54 Å². The molecular formula is C12H13FN2O2. The van der Waals surface area contributed by atoms with Crippen LogP contribution in [0.4, 0.5) is 4.39 Å². The number of benzene rings is 1. The fourth-order valence-corrected chi connectivity index (χ4v) is 1.38. The van der Waals surface area contributed by atoms with Gasteiger partial charge in [-0.15, -0.1) is 0 Å². The fourth-order valence-electron chi connectivity index (χ4n) is 1.38. The number of halogens is 1. The highest BCUT2D eigenvalue weighted by Gasteiger charge is 2.07. The van der Waals surface area contributed by atoms with Gasteiger partial charge in [-0.2, -0.15) is 4.98 Å². The Balaban J connectivity index is 2.11. The summed E-state index contributed by atoms with van der Waals surface area (Å²) in [6.45, 7) is 2.28. The van der Waals surface area contributed by atoms with E-state index in [1.807, 2.05) is 7.05 Å². The van der Waals surface area contributed by atoms with Gasteiger partial charge in [0.1, 0.15) is 17.8 Å². The molecule has 1 aromatic carbocycles. The maximum absolute atomic E-state index is 13.0. The Labute approximate surface area is 98.4 Å². The summed E-state index contributed by atoms with van der Waals surface area (Å²) in [6, 6.07) is 4.48. The number of ether oxygens (including phenoxy) is 1. The van der Waals surface area contributed by atoms with Crippen LogP contribution in [-0.4, -0.2) is 12.0 Å². The Kier molecular flexibility index (Phi) is 3.39. The molecule has 0 saturated carbocycles. The van der Waals surface area contributed by atoms with Crippen molar-refractivity contribution in [2.24, 2.45) is 0 Å². The van der Waals surface area contributed by atoms with Crippen LogP contribution in [0.1, 0.15) is 11.3 Å². The van der Waals surface area contributed by atoms with E-state index < -0.39 is 0 Å². The number of hydrogen-bond acceptors (Lipinski definition) is 4. The number of rotatable bonds is 4. The van der Waals surface area contributed by atoms with Crippen molar-refractivity contribution in [2.45, 2.75) is 13.5 Å². The summed E-state index contributed by atoms with van der Waals surface area (Å²) in [7, 11) is 1.82. The predicted molar refractivity (Wildman–Crippen MR) is 60.5 cm³/mol. The summed E-state index contributed by atoms with van der Waals surface area (Å²) in [5.74, 6) is 0.238. The maximum Gasteiger partial charge on any atom is 0.399 e. The molecule has 1 N–H and O–H groups in total. The van der Waals surface area contributed by atoms with Crippen molar-refractivity contribution < 1.29 is 13.5 Å². The fraction of sp³-hybridized carbons (Fsp3) is 0.250. The highest BCUT2D eigenvalue weighted by molar-refractivity contribution is 5.30. The number of aromatic nitrogens is 1. The third kappa shape index (κ3) is 2.82. The van der Waals surface area contributed by atoms with Crippen LogP contribution in [0.5, 0.6) is 11.8 Å². The lowest BCUT2D eigenvalue weighted by Gasteiger charge is -2.02. The van der Waals surface area contributed by atoms with Crippen molar-refractivity contribution in [1.82, 2.24) is 10.3 Å². The van der Waals surface area contributed by atoms with Gasteiger partial charge in [-0.25, -0.2) is 4.39 Å². The monoisotopic (exact) mass is 236 g/mol. The van der Waals surface area contributed by atoms with Gasteiger partial charge in [-0.3, -0.25) is 0 Å². The van der Waals surface area contributed by atoms with E-state index >= 15 is 0 Å². The Hall–Kier alpha value is -1.88. The van der Waals surface area contributed by atoms with Crippen LogP contribution in [0.15, 0.2) is 28.9 Å². The predicted octanol–water partition coefficient (Wildman–Crippen LogP) is 2.63. The summed E-state index contributed by atoms with van der Waals surface area (Å²) >= 11 is 0. The molecule has 1 aromatic heterocycles. The molecule has 0 bridgehead atoms. The second-order valence-corrected chi connectivity index (χ2v) is 3.65. The van der Waals surface area contributed by atoms with E-state index in [1.54, 1.807) is 13.0 Å². The summed E-state index contributed by atoms with van der Waals surface area (Å²) in [4.78, 5) is 4.10. The van der Waals surface area contributed by atoms with Crippen LogP contribution >= 0.6 is 0 Å². The zero-order chi connectivity index (χ0) is 12.3. The first-order valence-corrected chi connectivity index (χ1v) is 5.22. The molecule has 2 aromatic rings. The number of nitrogens with one attached hydrogen (secondary N) is 1. The van der Waals surface area contributed by atoms with Gasteiger partial charge in [0.05, 0.1) is 5.69 Å². The molecule has 4 nitrogen and oxygen atoms in total. The lowest BCUT2D eigenvalue weighted by molar-refractivity contribution is 0.330. The van der Waals surface area contributed by atoms with Crippen molar-refractivity contribution in [1.29, 1.82) is 0 Å². The van der Waals surface area contributed by atoms with Gasteiger partial charge in [-0.1, -0.05) is 0 Å². The first-order chi connectivity index (χ1) is 8.19. The highest BCUT2D eigenvalue weighted by atomic mass is 19.1. The molecule has 0 aliphatic rings. The molecule has 0 saturated heterocycles. The maximum atomic E-state index is 13.0. The quantitative estimate of drug-likeness (QED) is 0.886. The molecule has 0 spiro atoms. The minimum atomic E-state index is -0.263. The smallest absolute Gasteiger partial charge is 0.399 e. The van der Waals surface area contributed by atoms with Crippen LogP contribution in [0, 0.1) is 12.7 Å². The van der Waals surface area contributed by atoms with Gasteiger partial charge >= 0.3 is 6.08 Å². The molecular weight excluding hydrogens is 223 g/mol. The zero-order valence-corrected chi connectivity index (χ0v) is 9.66. The van der Waals surface area contributed by atoms with Crippen molar-refractivity contribution in [3.63, 3.8) is 0 Å². The Morgan fingerprint density at radius 1 is 1.47 bits per heavy atom. The zero-order valence-electron chi connectivity index (χ0n) is 9.66. The molecule has 0 amide bonds. The Bertz CT molecular complexity index is 511. The summed E-state index contributed by atoms with van der Waals surface area (Å²) in [5, 5.41) is 2.95. The summed E-state index contributed by atoms with van der Waals surface area (Å²) in [5.41, 5.74) is 1.27. The molecule has 0 atom stereocenters. The lowest BCUT2D eigenvalue weighted by Crippen LogP contribution is -2.04. The number of oxazole rings is 1. The van der Waals surface area contributed by atoms with Gasteiger partial charge in [0.2, 0.25) is 0 Å². The first-order valence-electron chi connectivity index (χ1n) is 5.22. The van der Waals surface area contributed by atoms with Crippen LogP contribution in [-0.2, 0) is 6.54 Å². The van der Waals surface area contributed by atoms with Crippen molar-refractivity contribution in [3.8, 4) is 11.8 Å². The van der Waals surface area contributed by atoms with E-state index in [9.17, 15) is 4.39 Å². The molecule has 0 aliphatic heterocycles. The topological polar surface area (TPSA) is 47.3 Å². The minimum absolute atomic E-state index is 0.154. The minimum Gasteiger partial charge on any atom is -0.417 e. The normalized spacial score (nSPS) is 10.5. The van der Waals surface area contributed by atoms with E-state index in [4.69, 9.17) is 9.15 Å². The first kappa shape index (κ1) is 11.6. The average molecular weight is 236 g/mol. The van der Waals surface area contributed by atoms with Gasteiger partial charge in [0.15, 0.2) is 0 Å². The third-order valence-electron chi connectivity index (χ3n) is 2.22. The van der Waals surface area contributed by atoms with Crippen molar-refractivity contribution in [3.05, 3.63) is 41.5 Å². The largest absolute Gasteiger partial charge is 0.417 e. The SMILES string of the molecule is CNCc1coc(Oc2ccc(F)c(C)c2)n1. The summed E-state index contributed by atoms with van der Waals surface area (Å²) < 4.78 is 23.5. The number of hydrogen-bond donors (Lipinski definition) is 1. The van der Waals surface area contributed by atoms with E-state index in [-0.39, 0.29) is 11.9 Å². The second kappa shape index (κ2) is 4.97.